The van der Waals surface area contributed by atoms with Gasteiger partial charge in [0.05, 0.1) is 7.85 Å². The Hall–Kier alpha value is 0.0649. The van der Waals surface area contributed by atoms with Gasteiger partial charge in [-0.15, -0.1) is 0 Å². The van der Waals surface area contributed by atoms with E-state index in [1.54, 1.807) is 38.5 Å². The summed E-state index contributed by atoms with van der Waals surface area (Å²) in [7, 11) is 6.02. The first-order valence-electron chi connectivity index (χ1n) is 10.1. The van der Waals surface area contributed by atoms with Crippen LogP contribution in [0.1, 0.15) is 96.3 Å². The average Bonchev–Trinajstić information content (AvgIpc) is 2.56. The van der Waals surface area contributed by atoms with Crippen LogP contribution in [0.3, 0.4) is 0 Å². The second-order valence-electron chi connectivity index (χ2n) is 8.54. The van der Waals surface area contributed by atoms with E-state index in [9.17, 15) is 0 Å². The summed E-state index contributed by atoms with van der Waals surface area (Å²) < 4.78 is 0. The van der Waals surface area contributed by atoms with Crippen LogP contribution < -0.4 is 0 Å². The molecule has 0 aliphatic heterocycles. The van der Waals surface area contributed by atoms with Crippen LogP contribution in [-0.4, -0.2) is 7.85 Å². The molecule has 1 heteroatoms. The van der Waals surface area contributed by atoms with Crippen molar-refractivity contribution in [3.8, 4) is 0 Å². The minimum atomic E-state index is 0.521. The van der Waals surface area contributed by atoms with Crippen molar-refractivity contribution in [3.63, 3.8) is 0 Å². The fourth-order valence-electron chi connectivity index (χ4n) is 5.50. The van der Waals surface area contributed by atoms with Gasteiger partial charge in [-0.3, -0.25) is 0 Å². The highest BCUT2D eigenvalue weighted by Crippen LogP contribution is 2.42. The Balaban J connectivity index is 1.32. The molecule has 0 nitrogen and oxygen atoms in total. The van der Waals surface area contributed by atoms with Crippen LogP contribution >= 0.6 is 0 Å². The van der Waals surface area contributed by atoms with Gasteiger partial charge in [0.25, 0.3) is 0 Å². The SMILES string of the molecule is [B]C1CCC(CCC2CCC(C3CCCCC3)CC2)CC1. The first-order valence-corrected chi connectivity index (χ1v) is 10.1. The minimum absolute atomic E-state index is 0.521. The van der Waals surface area contributed by atoms with E-state index in [0.717, 1.165) is 23.7 Å². The van der Waals surface area contributed by atoms with Gasteiger partial charge in [0.2, 0.25) is 0 Å². The third-order valence-corrected chi connectivity index (χ3v) is 7.08. The van der Waals surface area contributed by atoms with Crippen molar-refractivity contribution in [1.82, 2.24) is 0 Å². The van der Waals surface area contributed by atoms with Gasteiger partial charge < -0.3 is 0 Å². The lowest BCUT2D eigenvalue weighted by molar-refractivity contribution is 0.158. The van der Waals surface area contributed by atoms with Crippen molar-refractivity contribution >= 4 is 7.85 Å². The molecule has 3 rings (SSSR count). The number of hydrogen-bond acceptors (Lipinski definition) is 0. The van der Waals surface area contributed by atoms with Gasteiger partial charge in [0.1, 0.15) is 0 Å². The van der Waals surface area contributed by atoms with E-state index in [1.165, 1.54) is 57.8 Å². The van der Waals surface area contributed by atoms with E-state index in [1.807, 2.05) is 0 Å². The molecule has 0 saturated heterocycles. The third kappa shape index (κ3) is 4.77. The summed E-state index contributed by atoms with van der Waals surface area (Å²) in [6.45, 7) is 0. The van der Waals surface area contributed by atoms with Crippen molar-refractivity contribution in [2.45, 2.75) is 102 Å². The average molecular weight is 286 g/mol. The van der Waals surface area contributed by atoms with Gasteiger partial charge in [0.15, 0.2) is 0 Å². The Morgan fingerprint density at radius 3 is 1.57 bits per heavy atom. The Bertz CT molecular complexity index is 278. The minimum Gasteiger partial charge on any atom is -0.0774 e. The number of rotatable bonds is 4. The Morgan fingerprint density at radius 2 is 1.00 bits per heavy atom. The van der Waals surface area contributed by atoms with Crippen molar-refractivity contribution in [2.75, 3.05) is 0 Å². The largest absolute Gasteiger partial charge is 0.0774 e. The molecule has 0 unspecified atom stereocenters. The summed E-state index contributed by atoms with van der Waals surface area (Å²) in [4.78, 5) is 0. The van der Waals surface area contributed by atoms with Crippen LogP contribution in [-0.2, 0) is 0 Å². The van der Waals surface area contributed by atoms with Gasteiger partial charge in [-0.1, -0.05) is 89.3 Å². The molecule has 0 atom stereocenters. The van der Waals surface area contributed by atoms with Crippen molar-refractivity contribution < 1.29 is 0 Å². The van der Waals surface area contributed by atoms with Crippen molar-refractivity contribution in [1.29, 1.82) is 0 Å². The van der Waals surface area contributed by atoms with Crippen LogP contribution in [0.25, 0.3) is 0 Å². The molecular formula is C20H35B. The van der Waals surface area contributed by atoms with E-state index < -0.39 is 0 Å². The van der Waals surface area contributed by atoms with E-state index in [2.05, 4.69) is 0 Å². The number of hydrogen-bond donors (Lipinski definition) is 0. The molecule has 21 heavy (non-hydrogen) atoms. The van der Waals surface area contributed by atoms with Crippen LogP contribution in [0.15, 0.2) is 0 Å². The Labute approximate surface area is 134 Å². The topological polar surface area (TPSA) is 0 Å². The molecule has 0 aromatic rings. The zero-order valence-corrected chi connectivity index (χ0v) is 14.1. The van der Waals surface area contributed by atoms with E-state index in [-0.39, 0.29) is 0 Å². The molecule has 0 N–H and O–H groups in total. The summed E-state index contributed by atoms with van der Waals surface area (Å²) in [5, 5.41) is 0. The van der Waals surface area contributed by atoms with E-state index in [0.29, 0.717) is 5.82 Å². The molecule has 0 heterocycles. The smallest absolute Gasteiger partial charge is 0.0699 e. The van der Waals surface area contributed by atoms with Crippen LogP contribution in [0.4, 0.5) is 0 Å². The van der Waals surface area contributed by atoms with Gasteiger partial charge in [-0.25, -0.2) is 0 Å². The quantitative estimate of drug-likeness (QED) is 0.532. The normalized spacial score (nSPS) is 39.2. The van der Waals surface area contributed by atoms with Gasteiger partial charge in [-0.05, 0) is 36.5 Å². The summed E-state index contributed by atoms with van der Waals surface area (Å²) >= 11 is 0. The molecule has 0 bridgehead atoms. The zero-order chi connectivity index (χ0) is 14.5. The Morgan fingerprint density at radius 1 is 0.524 bits per heavy atom. The first-order chi connectivity index (χ1) is 10.3. The maximum absolute atomic E-state index is 6.02. The molecule has 118 valence electrons. The monoisotopic (exact) mass is 286 g/mol. The fraction of sp³-hybridized carbons (Fsp3) is 1.00. The lowest BCUT2D eigenvalue weighted by atomic mass is 9.68. The molecule has 3 aliphatic carbocycles. The molecule has 3 fully saturated rings. The highest BCUT2D eigenvalue weighted by atomic mass is 14.3. The Kier molecular flexibility index (Phi) is 6.12. The van der Waals surface area contributed by atoms with Crippen LogP contribution in [0.2, 0.25) is 5.82 Å². The molecule has 0 aromatic heterocycles. The lowest BCUT2D eigenvalue weighted by Crippen LogP contribution is -2.24. The summed E-state index contributed by atoms with van der Waals surface area (Å²) in [6, 6.07) is 0. The molecule has 0 spiro atoms. The first kappa shape index (κ1) is 15.9. The van der Waals surface area contributed by atoms with Crippen LogP contribution in [0, 0.1) is 23.7 Å². The highest BCUT2D eigenvalue weighted by Gasteiger charge is 2.29. The predicted molar refractivity (Wildman–Crippen MR) is 92.7 cm³/mol. The van der Waals surface area contributed by atoms with E-state index in [4.69, 9.17) is 7.85 Å². The second-order valence-corrected chi connectivity index (χ2v) is 8.54. The lowest BCUT2D eigenvalue weighted by Gasteiger charge is -2.36. The molecule has 3 aliphatic rings. The zero-order valence-electron chi connectivity index (χ0n) is 14.1. The maximum atomic E-state index is 6.02. The molecule has 0 aromatic carbocycles. The summed E-state index contributed by atoms with van der Waals surface area (Å²) in [5.74, 6) is 4.82. The van der Waals surface area contributed by atoms with Crippen molar-refractivity contribution in [2.24, 2.45) is 23.7 Å². The molecular weight excluding hydrogens is 251 g/mol. The molecule has 3 saturated carbocycles. The summed E-state index contributed by atoms with van der Waals surface area (Å²) in [5.41, 5.74) is 0. The molecule has 2 radical (unpaired) electrons. The standard InChI is InChI=1S/C20H35B/c21-20-14-10-17(11-15-20)7-6-16-8-12-19(13-9-16)18-4-2-1-3-5-18/h16-20H,1-15H2. The van der Waals surface area contributed by atoms with Gasteiger partial charge in [-0.2, -0.15) is 0 Å². The maximum Gasteiger partial charge on any atom is 0.0699 e. The highest BCUT2D eigenvalue weighted by molar-refractivity contribution is 6.11. The van der Waals surface area contributed by atoms with Crippen LogP contribution in [0.5, 0.6) is 0 Å². The fourth-order valence-corrected chi connectivity index (χ4v) is 5.50. The van der Waals surface area contributed by atoms with Gasteiger partial charge >= 0.3 is 0 Å². The van der Waals surface area contributed by atoms with Crippen molar-refractivity contribution in [3.05, 3.63) is 0 Å². The molecule has 0 amide bonds. The predicted octanol–water partition coefficient (Wildman–Crippen LogP) is 6.30. The van der Waals surface area contributed by atoms with Gasteiger partial charge in [0, 0.05) is 0 Å². The second kappa shape index (κ2) is 8.07. The van der Waals surface area contributed by atoms with E-state index >= 15 is 0 Å². The summed E-state index contributed by atoms with van der Waals surface area (Å²) in [6.07, 6.45) is 22.3. The third-order valence-electron chi connectivity index (χ3n) is 7.08.